The second-order valence-electron chi connectivity index (χ2n) is 4.11. The van der Waals surface area contributed by atoms with E-state index >= 15 is 0 Å². The summed E-state index contributed by atoms with van der Waals surface area (Å²) in [7, 11) is 0. The van der Waals surface area contributed by atoms with Crippen LogP contribution in [-0.4, -0.2) is 17.3 Å². The summed E-state index contributed by atoms with van der Waals surface area (Å²) >= 11 is 14.4. The van der Waals surface area contributed by atoms with Crippen molar-refractivity contribution in [1.29, 1.82) is 0 Å². The summed E-state index contributed by atoms with van der Waals surface area (Å²) in [6.45, 7) is 0. The Labute approximate surface area is 126 Å². The SMILES string of the molecule is O=C(NC1CCCCC1Cl)c1cc(Br)c(Br)s1. The van der Waals surface area contributed by atoms with E-state index in [9.17, 15) is 4.79 Å². The third-order valence-corrected chi connectivity index (χ3v) is 6.64. The molecule has 1 amide bonds. The van der Waals surface area contributed by atoms with Crippen LogP contribution in [0.25, 0.3) is 0 Å². The van der Waals surface area contributed by atoms with Crippen LogP contribution in [0.3, 0.4) is 0 Å². The Kier molecular flexibility index (Phi) is 4.92. The number of carbonyl (C=O) groups excluding carboxylic acids is 1. The highest BCUT2D eigenvalue weighted by Crippen LogP contribution is 2.32. The number of nitrogens with one attached hydrogen (secondary N) is 1. The van der Waals surface area contributed by atoms with Crippen LogP contribution in [0.1, 0.15) is 35.4 Å². The Morgan fingerprint density at radius 2 is 2.12 bits per heavy atom. The van der Waals surface area contributed by atoms with Gasteiger partial charge in [-0.15, -0.1) is 22.9 Å². The highest BCUT2D eigenvalue weighted by atomic mass is 79.9. The summed E-state index contributed by atoms with van der Waals surface area (Å²) in [5.74, 6) is -0.0287. The highest BCUT2D eigenvalue weighted by Gasteiger charge is 2.25. The highest BCUT2D eigenvalue weighted by molar-refractivity contribution is 9.13. The lowest BCUT2D eigenvalue weighted by Crippen LogP contribution is -2.42. The molecule has 0 saturated heterocycles. The van der Waals surface area contributed by atoms with E-state index < -0.39 is 0 Å². The number of halogens is 3. The van der Waals surface area contributed by atoms with E-state index in [-0.39, 0.29) is 17.3 Å². The van der Waals surface area contributed by atoms with Crippen molar-refractivity contribution in [3.05, 3.63) is 19.2 Å². The molecule has 1 fully saturated rings. The lowest BCUT2D eigenvalue weighted by atomic mass is 9.95. The van der Waals surface area contributed by atoms with Crippen LogP contribution in [0.15, 0.2) is 14.3 Å². The number of rotatable bonds is 2. The number of amides is 1. The maximum atomic E-state index is 12.0. The average Bonchev–Trinajstić information content (AvgIpc) is 2.63. The van der Waals surface area contributed by atoms with Crippen LogP contribution < -0.4 is 5.32 Å². The zero-order chi connectivity index (χ0) is 12.4. The Morgan fingerprint density at radius 3 is 2.71 bits per heavy atom. The van der Waals surface area contributed by atoms with Crippen LogP contribution in [0.2, 0.25) is 0 Å². The minimum atomic E-state index is -0.0287. The molecule has 1 N–H and O–H groups in total. The Balaban J connectivity index is 2.01. The van der Waals surface area contributed by atoms with Gasteiger partial charge in [0.15, 0.2) is 0 Å². The van der Waals surface area contributed by atoms with Crippen molar-refractivity contribution in [1.82, 2.24) is 5.32 Å². The molecule has 0 aromatic carbocycles. The fourth-order valence-corrected chi connectivity index (χ4v) is 4.23. The first-order valence-corrected chi connectivity index (χ1v) is 8.31. The molecule has 0 bridgehead atoms. The Bertz CT molecular complexity index is 404. The van der Waals surface area contributed by atoms with E-state index in [0.717, 1.165) is 33.9 Å². The van der Waals surface area contributed by atoms with Gasteiger partial charge in [0.25, 0.3) is 5.91 Å². The molecule has 2 atom stereocenters. The normalized spacial score (nSPS) is 24.6. The molecule has 0 spiro atoms. The summed E-state index contributed by atoms with van der Waals surface area (Å²) < 4.78 is 1.85. The van der Waals surface area contributed by atoms with Crippen LogP contribution in [-0.2, 0) is 0 Å². The van der Waals surface area contributed by atoms with Gasteiger partial charge in [-0.3, -0.25) is 4.79 Å². The van der Waals surface area contributed by atoms with Crippen molar-refractivity contribution in [3.8, 4) is 0 Å². The molecule has 1 aromatic heterocycles. The van der Waals surface area contributed by atoms with Crippen molar-refractivity contribution in [2.24, 2.45) is 0 Å². The molecule has 1 saturated carbocycles. The molecule has 0 aliphatic heterocycles. The molecule has 2 unspecified atom stereocenters. The van der Waals surface area contributed by atoms with Gasteiger partial charge in [-0.1, -0.05) is 12.8 Å². The smallest absolute Gasteiger partial charge is 0.261 e. The van der Waals surface area contributed by atoms with Crippen LogP contribution >= 0.6 is 54.8 Å². The minimum Gasteiger partial charge on any atom is -0.347 e. The van der Waals surface area contributed by atoms with Gasteiger partial charge in [-0.25, -0.2) is 0 Å². The van der Waals surface area contributed by atoms with Crippen molar-refractivity contribution >= 4 is 60.7 Å². The summed E-state index contributed by atoms with van der Waals surface area (Å²) in [4.78, 5) is 12.7. The molecule has 1 aromatic rings. The monoisotopic (exact) mass is 399 g/mol. The number of hydrogen-bond acceptors (Lipinski definition) is 2. The zero-order valence-electron chi connectivity index (χ0n) is 9.01. The van der Waals surface area contributed by atoms with E-state index in [1.54, 1.807) is 0 Å². The molecule has 1 aliphatic rings. The molecule has 1 heterocycles. The maximum Gasteiger partial charge on any atom is 0.261 e. The maximum absolute atomic E-state index is 12.0. The van der Waals surface area contributed by atoms with Crippen LogP contribution in [0, 0.1) is 0 Å². The van der Waals surface area contributed by atoms with Crippen LogP contribution in [0.4, 0.5) is 0 Å². The lowest BCUT2D eigenvalue weighted by Gasteiger charge is -2.27. The standard InChI is InChI=1S/C11H12Br2ClNOS/c12-6-5-9(17-10(6)13)11(16)15-8-4-2-1-3-7(8)14/h5,7-8H,1-4H2,(H,15,16). The van der Waals surface area contributed by atoms with Gasteiger partial charge in [0.05, 0.1) is 14.0 Å². The average molecular weight is 402 g/mol. The third-order valence-electron chi connectivity index (χ3n) is 2.87. The van der Waals surface area contributed by atoms with E-state index in [0.29, 0.717) is 4.88 Å². The molecule has 17 heavy (non-hydrogen) atoms. The first kappa shape index (κ1) is 13.8. The van der Waals surface area contributed by atoms with Crippen molar-refractivity contribution in [3.63, 3.8) is 0 Å². The first-order chi connectivity index (χ1) is 8.08. The van der Waals surface area contributed by atoms with E-state index in [2.05, 4.69) is 37.2 Å². The van der Waals surface area contributed by atoms with Crippen molar-refractivity contribution < 1.29 is 4.79 Å². The molecular weight excluding hydrogens is 389 g/mol. The topological polar surface area (TPSA) is 29.1 Å². The summed E-state index contributed by atoms with van der Waals surface area (Å²) in [5, 5.41) is 3.09. The van der Waals surface area contributed by atoms with Gasteiger partial charge in [0.1, 0.15) is 0 Å². The largest absolute Gasteiger partial charge is 0.347 e. The van der Waals surface area contributed by atoms with Gasteiger partial charge >= 0.3 is 0 Å². The molecule has 94 valence electrons. The fraction of sp³-hybridized carbons (Fsp3) is 0.545. The molecule has 1 aliphatic carbocycles. The van der Waals surface area contributed by atoms with Gasteiger partial charge in [-0.2, -0.15) is 0 Å². The second-order valence-corrected chi connectivity index (χ2v) is 7.90. The molecule has 2 rings (SSSR count). The summed E-state index contributed by atoms with van der Waals surface area (Å²) in [6, 6.07) is 1.94. The van der Waals surface area contributed by atoms with E-state index in [4.69, 9.17) is 11.6 Å². The molecular formula is C11H12Br2ClNOS. The van der Waals surface area contributed by atoms with E-state index in [1.165, 1.54) is 11.3 Å². The Hall–Kier alpha value is 0.420. The fourth-order valence-electron chi connectivity index (χ4n) is 1.95. The third kappa shape index (κ3) is 3.46. The lowest BCUT2D eigenvalue weighted by molar-refractivity contribution is 0.0933. The summed E-state index contributed by atoms with van der Waals surface area (Å²) in [6.07, 6.45) is 4.28. The minimum absolute atomic E-state index is 0.0287. The summed E-state index contributed by atoms with van der Waals surface area (Å²) in [5.41, 5.74) is 0. The quantitative estimate of drug-likeness (QED) is 0.724. The van der Waals surface area contributed by atoms with E-state index in [1.807, 2.05) is 6.07 Å². The zero-order valence-corrected chi connectivity index (χ0v) is 13.8. The van der Waals surface area contributed by atoms with Gasteiger partial charge in [0, 0.05) is 10.5 Å². The molecule has 2 nitrogen and oxygen atoms in total. The second kappa shape index (κ2) is 6.04. The first-order valence-electron chi connectivity index (χ1n) is 5.47. The van der Waals surface area contributed by atoms with Gasteiger partial charge in [0.2, 0.25) is 0 Å². The molecule has 6 heteroatoms. The van der Waals surface area contributed by atoms with Crippen molar-refractivity contribution in [2.45, 2.75) is 37.1 Å². The predicted molar refractivity (Wildman–Crippen MR) is 79.1 cm³/mol. The predicted octanol–water partition coefficient (Wildman–Crippen LogP) is 4.55. The van der Waals surface area contributed by atoms with Gasteiger partial charge < -0.3 is 5.32 Å². The number of hydrogen-bond donors (Lipinski definition) is 1. The molecule has 0 radical (unpaired) electrons. The number of carbonyl (C=O) groups is 1. The number of alkyl halides is 1. The number of thiophene rings is 1. The van der Waals surface area contributed by atoms with Crippen LogP contribution in [0.5, 0.6) is 0 Å². The van der Waals surface area contributed by atoms with Gasteiger partial charge in [-0.05, 0) is 50.8 Å². The Morgan fingerprint density at radius 1 is 1.41 bits per heavy atom. The van der Waals surface area contributed by atoms with Crippen molar-refractivity contribution in [2.75, 3.05) is 0 Å².